The van der Waals surface area contributed by atoms with Crippen LogP contribution in [-0.4, -0.2) is 0 Å². The van der Waals surface area contributed by atoms with Crippen molar-refractivity contribution in [1.82, 2.24) is 0 Å². The summed E-state index contributed by atoms with van der Waals surface area (Å²) in [7, 11) is 0. The van der Waals surface area contributed by atoms with Crippen molar-refractivity contribution in [3.63, 3.8) is 0 Å². The average Bonchev–Trinajstić information content (AvgIpc) is 4.16. The van der Waals surface area contributed by atoms with Crippen LogP contribution in [0, 0.1) is 0 Å². The largest absolute Gasteiger partial charge is 0.311 e. The topological polar surface area (TPSA) is 6.48 Å². The molecule has 0 unspecified atom stereocenters. The van der Waals surface area contributed by atoms with Crippen molar-refractivity contribution < 1.29 is 0 Å². The number of benzene rings is 11. The van der Waals surface area contributed by atoms with Crippen molar-refractivity contribution in [2.45, 2.75) is 0 Å². The average molecular weight is 955 g/mol. The zero-order valence-corrected chi connectivity index (χ0v) is 40.9. The minimum absolute atomic E-state index is 1.10. The molecule has 0 saturated carbocycles. The lowest BCUT2D eigenvalue weighted by molar-refractivity contribution is 1.28. The predicted octanol–water partition coefficient (Wildman–Crippen LogP) is 20.5. The van der Waals surface area contributed by atoms with Gasteiger partial charge in [-0.25, -0.2) is 0 Å². The van der Waals surface area contributed by atoms with E-state index in [-0.39, 0.29) is 0 Å². The Kier molecular flexibility index (Phi) is 11.3. The second kappa shape index (κ2) is 18.8. The Bertz CT molecular complexity index is 3930. The molecule has 2 heterocycles. The second-order valence-electron chi connectivity index (χ2n) is 18.1. The van der Waals surface area contributed by atoms with Crippen LogP contribution in [-0.2, 0) is 0 Å². The van der Waals surface area contributed by atoms with Crippen molar-refractivity contribution in [3.8, 4) is 52.9 Å². The number of hydrogen-bond donors (Lipinski definition) is 0. The van der Waals surface area contributed by atoms with Crippen molar-refractivity contribution in [3.05, 3.63) is 279 Å². The maximum atomic E-state index is 2.44. The highest BCUT2D eigenvalue weighted by Gasteiger charge is 2.21. The zero-order valence-electron chi connectivity index (χ0n) is 39.3. The minimum Gasteiger partial charge on any atom is -0.311 e. The van der Waals surface area contributed by atoms with E-state index < -0.39 is 0 Å². The first-order valence-electron chi connectivity index (χ1n) is 24.4. The smallest absolute Gasteiger partial charge is 0.0462 e. The molecule has 0 spiro atoms. The molecule has 0 bridgehead atoms. The van der Waals surface area contributed by atoms with Gasteiger partial charge in [0, 0.05) is 53.6 Å². The Balaban J connectivity index is 0.947. The zero-order chi connectivity index (χ0) is 47.8. The van der Waals surface area contributed by atoms with Crippen LogP contribution in [0.1, 0.15) is 0 Å². The van der Waals surface area contributed by atoms with Gasteiger partial charge in [-0.15, -0.1) is 22.7 Å². The summed E-state index contributed by atoms with van der Waals surface area (Å²) in [5, 5.41) is 7.42. The minimum atomic E-state index is 1.10. The maximum absolute atomic E-state index is 2.44. The summed E-state index contributed by atoms with van der Waals surface area (Å²) >= 11 is 3.73. The summed E-state index contributed by atoms with van der Waals surface area (Å²) in [6, 6.07) is 101. The van der Waals surface area contributed by atoms with Crippen LogP contribution in [0.2, 0.25) is 0 Å². The number of thiophene rings is 2. The molecule has 13 rings (SSSR count). The van der Waals surface area contributed by atoms with Crippen LogP contribution in [0.25, 0.3) is 85.2 Å². The lowest BCUT2D eigenvalue weighted by atomic mass is 9.85. The van der Waals surface area contributed by atoms with Gasteiger partial charge in [-0.05, 0) is 175 Å². The molecule has 2 aromatic heterocycles. The van der Waals surface area contributed by atoms with Gasteiger partial charge in [-0.1, -0.05) is 170 Å². The highest BCUT2D eigenvalue weighted by atomic mass is 32.1. The van der Waals surface area contributed by atoms with Gasteiger partial charge in [0.25, 0.3) is 0 Å². The van der Waals surface area contributed by atoms with Crippen LogP contribution in [0.4, 0.5) is 34.1 Å². The highest BCUT2D eigenvalue weighted by molar-refractivity contribution is 7.25. The SMILES string of the molecule is c1ccc(N(c2ccccc2)c2ccc(-c3c4ccccc4c(-c4ccc(N(c5ccccc5)c5ccccc5)cc4)c4cc(-c5ccc(-c6ccc(-c7ccc8ccccc8c7)s6)s5)ccc34)cc2)cc1. The number of fused-ring (bicyclic) bond motifs is 3. The summed E-state index contributed by atoms with van der Waals surface area (Å²) < 4.78 is 0. The predicted molar refractivity (Wildman–Crippen MR) is 311 cm³/mol. The molecule has 0 amide bonds. The lowest BCUT2D eigenvalue weighted by Crippen LogP contribution is -2.09. The van der Waals surface area contributed by atoms with E-state index in [9.17, 15) is 0 Å². The number of para-hydroxylation sites is 4. The van der Waals surface area contributed by atoms with Crippen LogP contribution in [0.5, 0.6) is 0 Å². The molecule has 2 nitrogen and oxygen atoms in total. The molecule has 11 aromatic carbocycles. The van der Waals surface area contributed by atoms with Crippen LogP contribution < -0.4 is 9.80 Å². The van der Waals surface area contributed by atoms with Crippen molar-refractivity contribution in [1.29, 1.82) is 0 Å². The maximum Gasteiger partial charge on any atom is 0.0462 e. The highest BCUT2D eigenvalue weighted by Crippen LogP contribution is 2.48. The van der Waals surface area contributed by atoms with E-state index in [4.69, 9.17) is 0 Å². The molecule has 0 aliphatic rings. The molecule has 4 heteroatoms. The van der Waals surface area contributed by atoms with Gasteiger partial charge in [0.2, 0.25) is 0 Å². The van der Waals surface area contributed by atoms with Crippen molar-refractivity contribution in [2.24, 2.45) is 0 Å². The molecular weight excluding hydrogens is 909 g/mol. The number of nitrogens with zero attached hydrogens (tertiary/aromatic N) is 2. The van der Waals surface area contributed by atoms with E-state index in [2.05, 4.69) is 289 Å². The fourth-order valence-electron chi connectivity index (χ4n) is 10.3. The normalized spacial score (nSPS) is 11.3. The summed E-state index contributed by atoms with van der Waals surface area (Å²) in [6.07, 6.45) is 0. The standard InChI is InChI=1S/C68H46N2S2/c1-5-19-53(20-6-1)69(54-21-7-2-8-22-54)57-36-31-48(32-37-57)67-59-27-15-16-28-60(59)68(49-33-38-58(39-34-49)70(55-23-9-3-10-24-55)56-25-11-4-12-26-56)62-46-52(35-40-61(62)67)64-42-44-66(72-64)65-43-41-63(71-65)51-30-29-47-17-13-14-18-50(47)45-51/h1-46H. The molecular formula is C68H46N2S2. The van der Waals surface area contributed by atoms with Crippen LogP contribution >= 0.6 is 22.7 Å². The Labute approximate surface area is 428 Å². The summed E-state index contributed by atoms with van der Waals surface area (Å²) in [5.74, 6) is 0. The third-order valence-corrected chi connectivity index (χ3v) is 16.1. The fourth-order valence-corrected chi connectivity index (χ4v) is 12.4. The van der Waals surface area contributed by atoms with E-state index >= 15 is 0 Å². The molecule has 0 N–H and O–H groups in total. The van der Waals surface area contributed by atoms with E-state index in [0.717, 1.165) is 34.1 Å². The van der Waals surface area contributed by atoms with E-state index in [0.29, 0.717) is 0 Å². The summed E-state index contributed by atoms with van der Waals surface area (Å²) in [5.41, 5.74) is 14.0. The molecule has 0 fully saturated rings. The molecule has 0 aliphatic carbocycles. The number of rotatable bonds is 11. The first kappa shape index (κ1) is 43.2. The van der Waals surface area contributed by atoms with Gasteiger partial charge >= 0.3 is 0 Å². The molecule has 0 saturated heterocycles. The summed E-state index contributed by atoms with van der Waals surface area (Å²) in [6.45, 7) is 0. The van der Waals surface area contributed by atoms with Gasteiger partial charge in [0.1, 0.15) is 0 Å². The van der Waals surface area contributed by atoms with Crippen molar-refractivity contribution in [2.75, 3.05) is 9.80 Å². The lowest BCUT2D eigenvalue weighted by Gasteiger charge is -2.26. The Morgan fingerprint density at radius 2 is 0.542 bits per heavy atom. The van der Waals surface area contributed by atoms with E-state index in [1.165, 1.54) is 85.2 Å². The Morgan fingerprint density at radius 3 is 1.01 bits per heavy atom. The van der Waals surface area contributed by atoms with Gasteiger partial charge < -0.3 is 9.80 Å². The van der Waals surface area contributed by atoms with E-state index in [1.54, 1.807) is 0 Å². The Hall–Kier alpha value is -8.80. The monoisotopic (exact) mass is 954 g/mol. The third kappa shape index (κ3) is 8.13. The second-order valence-corrected chi connectivity index (χ2v) is 20.2. The third-order valence-electron chi connectivity index (χ3n) is 13.7. The van der Waals surface area contributed by atoms with Gasteiger partial charge in [-0.2, -0.15) is 0 Å². The molecule has 0 radical (unpaired) electrons. The number of anilines is 6. The first-order valence-corrected chi connectivity index (χ1v) is 26.0. The first-order chi connectivity index (χ1) is 35.7. The van der Waals surface area contributed by atoms with Gasteiger partial charge in [0.15, 0.2) is 0 Å². The molecule has 13 aromatic rings. The fraction of sp³-hybridized carbons (Fsp3) is 0. The molecule has 72 heavy (non-hydrogen) atoms. The Morgan fingerprint density at radius 1 is 0.208 bits per heavy atom. The molecule has 340 valence electrons. The number of hydrogen-bond acceptors (Lipinski definition) is 4. The van der Waals surface area contributed by atoms with Crippen molar-refractivity contribution >= 4 is 89.1 Å². The molecule has 0 aliphatic heterocycles. The van der Waals surface area contributed by atoms with Crippen LogP contribution in [0.15, 0.2) is 279 Å². The van der Waals surface area contributed by atoms with Gasteiger partial charge in [0.05, 0.1) is 0 Å². The van der Waals surface area contributed by atoms with Gasteiger partial charge in [-0.3, -0.25) is 0 Å². The quantitative estimate of drug-likeness (QED) is 0.119. The summed E-state index contributed by atoms with van der Waals surface area (Å²) in [4.78, 5) is 9.74. The van der Waals surface area contributed by atoms with Crippen LogP contribution in [0.3, 0.4) is 0 Å². The van der Waals surface area contributed by atoms with E-state index in [1.807, 2.05) is 22.7 Å². The molecule has 0 atom stereocenters.